The summed E-state index contributed by atoms with van der Waals surface area (Å²) in [6, 6.07) is 7.10. The van der Waals surface area contributed by atoms with Crippen LogP contribution in [0.5, 0.6) is 5.75 Å². The number of halogens is 2. The summed E-state index contributed by atoms with van der Waals surface area (Å²) in [5.74, 6) is 0.578. The van der Waals surface area contributed by atoms with E-state index in [4.69, 9.17) is 4.74 Å². The third-order valence-electron chi connectivity index (χ3n) is 3.72. The van der Waals surface area contributed by atoms with Gasteiger partial charge >= 0.3 is 6.61 Å². The van der Waals surface area contributed by atoms with Crippen molar-refractivity contribution in [3.05, 3.63) is 29.8 Å². The van der Waals surface area contributed by atoms with Crippen molar-refractivity contribution < 1.29 is 18.3 Å². The zero-order valence-corrected chi connectivity index (χ0v) is 12.4. The minimum atomic E-state index is -2.79. The van der Waals surface area contributed by atoms with Crippen LogP contribution in [0.4, 0.5) is 8.78 Å². The lowest BCUT2D eigenvalue weighted by atomic mass is 9.88. The van der Waals surface area contributed by atoms with Crippen molar-refractivity contribution in [3.8, 4) is 5.75 Å². The molecule has 1 fully saturated rings. The van der Waals surface area contributed by atoms with Crippen LogP contribution in [-0.2, 0) is 4.74 Å². The molecule has 0 aliphatic carbocycles. The van der Waals surface area contributed by atoms with Crippen molar-refractivity contribution in [3.63, 3.8) is 0 Å². The third kappa shape index (κ3) is 4.93. The van der Waals surface area contributed by atoms with Crippen molar-refractivity contribution in [1.29, 1.82) is 0 Å². The van der Waals surface area contributed by atoms with Gasteiger partial charge in [0.05, 0.1) is 6.61 Å². The lowest BCUT2D eigenvalue weighted by Crippen LogP contribution is -2.33. The Morgan fingerprint density at radius 1 is 1.43 bits per heavy atom. The fourth-order valence-corrected chi connectivity index (χ4v) is 2.77. The van der Waals surface area contributed by atoms with Gasteiger partial charge in [-0.05, 0) is 43.5 Å². The molecule has 0 spiro atoms. The lowest BCUT2D eigenvalue weighted by molar-refractivity contribution is -0.0499. The monoisotopic (exact) mass is 299 g/mol. The quantitative estimate of drug-likeness (QED) is 0.831. The number of hydrogen-bond acceptors (Lipinski definition) is 3. The summed E-state index contributed by atoms with van der Waals surface area (Å²) in [4.78, 5) is 0. The molecule has 2 atom stereocenters. The van der Waals surface area contributed by atoms with E-state index in [1.54, 1.807) is 18.2 Å². The second-order valence-electron chi connectivity index (χ2n) is 5.36. The molecule has 0 aromatic heterocycles. The van der Waals surface area contributed by atoms with Crippen LogP contribution < -0.4 is 10.1 Å². The smallest absolute Gasteiger partial charge is 0.387 e. The summed E-state index contributed by atoms with van der Waals surface area (Å²) < 4.78 is 34.8. The molecule has 1 saturated heterocycles. The molecular weight excluding hydrogens is 276 g/mol. The van der Waals surface area contributed by atoms with Crippen LogP contribution in [0.3, 0.4) is 0 Å². The van der Waals surface area contributed by atoms with Gasteiger partial charge in [-0.1, -0.05) is 19.1 Å². The first-order valence-electron chi connectivity index (χ1n) is 7.56. The number of alkyl halides is 2. The van der Waals surface area contributed by atoms with Gasteiger partial charge in [-0.15, -0.1) is 0 Å². The molecule has 0 amide bonds. The number of ether oxygens (including phenoxy) is 2. The zero-order chi connectivity index (χ0) is 15.1. The summed E-state index contributed by atoms with van der Waals surface area (Å²) in [5.41, 5.74) is 0.983. The van der Waals surface area contributed by atoms with E-state index in [2.05, 4.69) is 17.0 Å². The molecule has 21 heavy (non-hydrogen) atoms. The Hall–Kier alpha value is -1.20. The Kier molecular flexibility index (Phi) is 6.39. The highest BCUT2D eigenvalue weighted by Gasteiger charge is 2.25. The fraction of sp³-hybridized carbons (Fsp3) is 0.625. The summed E-state index contributed by atoms with van der Waals surface area (Å²) in [6.07, 6.45) is 3.15. The van der Waals surface area contributed by atoms with Gasteiger partial charge in [0, 0.05) is 18.6 Å². The molecule has 1 N–H and O–H groups in total. The number of nitrogens with one attached hydrogen (secondary N) is 1. The predicted molar refractivity (Wildman–Crippen MR) is 77.7 cm³/mol. The molecule has 118 valence electrons. The highest BCUT2D eigenvalue weighted by atomic mass is 19.3. The van der Waals surface area contributed by atoms with Gasteiger partial charge in [-0.3, -0.25) is 0 Å². The summed E-state index contributed by atoms with van der Waals surface area (Å²) >= 11 is 0. The molecule has 2 unspecified atom stereocenters. The van der Waals surface area contributed by atoms with Gasteiger partial charge in [0.1, 0.15) is 5.75 Å². The van der Waals surface area contributed by atoms with Gasteiger partial charge in [-0.2, -0.15) is 8.78 Å². The number of rotatable bonds is 7. The van der Waals surface area contributed by atoms with E-state index >= 15 is 0 Å². The van der Waals surface area contributed by atoms with Crippen molar-refractivity contribution in [2.45, 2.75) is 38.8 Å². The highest BCUT2D eigenvalue weighted by Crippen LogP contribution is 2.31. The Balaban J connectivity index is 2.14. The maximum absolute atomic E-state index is 12.4. The van der Waals surface area contributed by atoms with Gasteiger partial charge in [0.2, 0.25) is 0 Å². The zero-order valence-electron chi connectivity index (χ0n) is 12.4. The Labute approximate surface area is 124 Å². The van der Waals surface area contributed by atoms with Crippen LogP contribution in [0, 0.1) is 5.92 Å². The molecular formula is C16H23F2NO2. The average molecular weight is 299 g/mol. The van der Waals surface area contributed by atoms with E-state index in [0.717, 1.165) is 38.0 Å². The van der Waals surface area contributed by atoms with Gasteiger partial charge in [-0.25, -0.2) is 0 Å². The van der Waals surface area contributed by atoms with Crippen LogP contribution in [-0.4, -0.2) is 26.4 Å². The molecule has 1 aromatic carbocycles. The SMILES string of the molecule is CCCNC(c1cccc(OC(F)F)c1)C1CCCOC1. The van der Waals surface area contributed by atoms with Crippen LogP contribution in [0.25, 0.3) is 0 Å². The lowest BCUT2D eigenvalue weighted by Gasteiger charge is -2.31. The first kappa shape index (κ1) is 16.2. The first-order valence-corrected chi connectivity index (χ1v) is 7.56. The van der Waals surface area contributed by atoms with Crippen LogP contribution in [0.1, 0.15) is 37.8 Å². The number of benzene rings is 1. The van der Waals surface area contributed by atoms with E-state index in [0.29, 0.717) is 12.5 Å². The predicted octanol–water partition coefficient (Wildman–Crippen LogP) is 3.76. The second-order valence-corrected chi connectivity index (χ2v) is 5.36. The largest absolute Gasteiger partial charge is 0.435 e. The Morgan fingerprint density at radius 2 is 2.29 bits per heavy atom. The summed E-state index contributed by atoms with van der Waals surface area (Å²) in [5, 5.41) is 3.51. The maximum Gasteiger partial charge on any atom is 0.387 e. The number of hydrogen-bond donors (Lipinski definition) is 1. The third-order valence-corrected chi connectivity index (χ3v) is 3.72. The second kappa shape index (κ2) is 8.29. The van der Waals surface area contributed by atoms with E-state index in [-0.39, 0.29) is 11.8 Å². The normalized spacial score (nSPS) is 20.5. The molecule has 2 rings (SSSR count). The fourth-order valence-electron chi connectivity index (χ4n) is 2.77. The standard InChI is InChI=1S/C16H23F2NO2/c1-2-8-19-15(13-6-4-9-20-11-13)12-5-3-7-14(10-12)21-16(17)18/h3,5,7,10,13,15-16,19H,2,4,6,8-9,11H2,1H3. The molecule has 0 saturated carbocycles. The summed E-state index contributed by atoms with van der Waals surface area (Å²) in [6.45, 7) is 1.73. The molecule has 0 bridgehead atoms. The molecule has 1 aromatic rings. The van der Waals surface area contributed by atoms with Crippen molar-refractivity contribution in [2.75, 3.05) is 19.8 Å². The van der Waals surface area contributed by atoms with Crippen LogP contribution in [0.2, 0.25) is 0 Å². The first-order chi connectivity index (χ1) is 10.2. The van der Waals surface area contributed by atoms with E-state index < -0.39 is 6.61 Å². The topological polar surface area (TPSA) is 30.5 Å². The summed E-state index contributed by atoms with van der Waals surface area (Å²) in [7, 11) is 0. The van der Waals surface area contributed by atoms with E-state index in [9.17, 15) is 8.78 Å². The molecule has 3 nitrogen and oxygen atoms in total. The van der Waals surface area contributed by atoms with E-state index in [1.807, 2.05) is 6.07 Å². The Morgan fingerprint density at radius 3 is 2.95 bits per heavy atom. The minimum Gasteiger partial charge on any atom is -0.435 e. The highest BCUT2D eigenvalue weighted by molar-refractivity contribution is 5.31. The van der Waals surface area contributed by atoms with Gasteiger partial charge in [0.25, 0.3) is 0 Å². The van der Waals surface area contributed by atoms with Crippen molar-refractivity contribution >= 4 is 0 Å². The van der Waals surface area contributed by atoms with E-state index in [1.165, 1.54) is 0 Å². The van der Waals surface area contributed by atoms with Crippen molar-refractivity contribution in [1.82, 2.24) is 5.32 Å². The maximum atomic E-state index is 12.4. The molecule has 1 aliphatic rings. The Bertz CT molecular complexity index is 422. The molecule has 1 aliphatic heterocycles. The van der Waals surface area contributed by atoms with Gasteiger partial charge in [0.15, 0.2) is 0 Å². The molecule has 1 heterocycles. The van der Waals surface area contributed by atoms with Crippen molar-refractivity contribution in [2.24, 2.45) is 5.92 Å². The van der Waals surface area contributed by atoms with Gasteiger partial charge < -0.3 is 14.8 Å². The average Bonchev–Trinajstić information content (AvgIpc) is 2.48. The van der Waals surface area contributed by atoms with Crippen LogP contribution in [0.15, 0.2) is 24.3 Å². The van der Waals surface area contributed by atoms with Crippen LogP contribution >= 0.6 is 0 Å². The molecule has 5 heteroatoms. The minimum absolute atomic E-state index is 0.117. The molecule has 0 radical (unpaired) electrons.